The highest BCUT2D eigenvalue weighted by molar-refractivity contribution is 5.93. The number of ether oxygens (including phenoxy) is 1. The van der Waals surface area contributed by atoms with Gasteiger partial charge in [-0.25, -0.2) is 0 Å². The van der Waals surface area contributed by atoms with Crippen molar-refractivity contribution in [1.82, 2.24) is 9.47 Å². The van der Waals surface area contributed by atoms with E-state index in [1.807, 2.05) is 14.1 Å². The van der Waals surface area contributed by atoms with Gasteiger partial charge in [-0.3, -0.25) is 4.79 Å². The summed E-state index contributed by atoms with van der Waals surface area (Å²) in [4.78, 5) is 14.0. The van der Waals surface area contributed by atoms with Crippen molar-refractivity contribution in [3.05, 3.63) is 18.0 Å². The maximum atomic E-state index is 12.3. The predicted octanol–water partition coefficient (Wildman–Crippen LogP) is 1.11. The number of hydrogen-bond acceptors (Lipinski definition) is 3. The molecule has 0 bridgehead atoms. The molecule has 1 amide bonds. The molecule has 1 saturated heterocycles. The molecule has 1 unspecified atom stereocenters. The lowest BCUT2D eigenvalue weighted by molar-refractivity contribution is 0.0386. The number of carbonyl (C=O) groups is 1. The summed E-state index contributed by atoms with van der Waals surface area (Å²) in [5.41, 5.74) is 6.94. The van der Waals surface area contributed by atoms with Crippen molar-refractivity contribution in [1.29, 1.82) is 0 Å². The number of amides is 1. The van der Waals surface area contributed by atoms with Crippen LogP contribution in [-0.2, 0) is 11.8 Å². The third kappa shape index (κ3) is 2.85. The number of nitrogens with two attached hydrogens (primary N) is 1. The Bertz CT molecular complexity index is 422. The Morgan fingerprint density at radius 2 is 2.44 bits per heavy atom. The van der Waals surface area contributed by atoms with Crippen LogP contribution in [0.5, 0.6) is 0 Å². The summed E-state index contributed by atoms with van der Waals surface area (Å²) in [5, 5.41) is 0. The predicted molar refractivity (Wildman–Crippen MR) is 70.3 cm³/mol. The minimum atomic E-state index is 0.0137. The van der Waals surface area contributed by atoms with Crippen LogP contribution in [0.3, 0.4) is 0 Å². The van der Waals surface area contributed by atoms with Gasteiger partial charge in [0.2, 0.25) is 0 Å². The van der Waals surface area contributed by atoms with Crippen molar-refractivity contribution in [3.8, 4) is 0 Å². The summed E-state index contributed by atoms with van der Waals surface area (Å²) >= 11 is 0. The number of anilines is 1. The Kier molecular flexibility index (Phi) is 3.91. The zero-order chi connectivity index (χ0) is 13.1. The molecule has 1 atom stereocenters. The average Bonchev–Trinajstić information content (AvgIpc) is 2.68. The normalized spacial score (nSPS) is 19.8. The van der Waals surface area contributed by atoms with E-state index in [0.717, 1.165) is 32.6 Å². The topological polar surface area (TPSA) is 60.5 Å². The Morgan fingerprint density at radius 3 is 3.00 bits per heavy atom. The fraction of sp³-hybridized carbons (Fsp3) is 0.615. The highest BCUT2D eigenvalue weighted by atomic mass is 16.5. The van der Waals surface area contributed by atoms with Gasteiger partial charge in [0.15, 0.2) is 0 Å². The van der Waals surface area contributed by atoms with Gasteiger partial charge in [0.1, 0.15) is 5.69 Å². The van der Waals surface area contributed by atoms with Crippen LogP contribution < -0.4 is 5.73 Å². The number of aromatic nitrogens is 1. The second-order valence-corrected chi connectivity index (χ2v) is 5.04. The molecule has 0 saturated carbocycles. The lowest BCUT2D eigenvalue weighted by Crippen LogP contribution is -2.35. The zero-order valence-corrected chi connectivity index (χ0v) is 11.1. The van der Waals surface area contributed by atoms with Gasteiger partial charge < -0.3 is 19.9 Å². The fourth-order valence-electron chi connectivity index (χ4n) is 2.42. The molecule has 2 N–H and O–H groups in total. The summed E-state index contributed by atoms with van der Waals surface area (Å²) < 4.78 is 7.20. The number of aryl methyl sites for hydroxylation is 1. The van der Waals surface area contributed by atoms with Gasteiger partial charge in [0.05, 0.1) is 12.3 Å². The van der Waals surface area contributed by atoms with Gasteiger partial charge in [-0.15, -0.1) is 0 Å². The van der Waals surface area contributed by atoms with Crippen molar-refractivity contribution < 1.29 is 9.53 Å². The van der Waals surface area contributed by atoms with Crippen LogP contribution in [0.4, 0.5) is 5.69 Å². The molecule has 2 rings (SSSR count). The molecule has 0 aromatic carbocycles. The van der Waals surface area contributed by atoms with Crippen molar-refractivity contribution in [3.63, 3.8) is 0 Å². The Labute approximate surface area is 108 Å². The van der Waals surface area contributed by atoms with E-state index in [4.69, 9.17) is 10.5 Å². The fourth-order valence-corrected chi connectivity index (χ4v) is 2.42. The molecule has 5 heteroatoms. The van der Waals surface area contributed by atoms with Crippen LogP contribution in [0.2, 0.25) is 0 Å². The third-order valence-corrected chi connectivity index (χ3v) is 3.38. The van der Waals surface area contributed by atoms with Crippen molar-refractivity contribution >= 4 is 11.6 Å². The summed E-state index contributed by atoms with van der Waals surface area (Å²) in [6.45, 7) is 2.35. The molecule has 0 spiro atoms. The summed E-state index contributed by atoms with van der Waals surface area (Å²) in [7, 11) is 3.67. The Morgan fingerprint density at radius 1 is 1.67 bits per heavy atom. The highest BCUT2D eigenvalue weighted by Gasteiger charge is 2.21. The van der Waals surface area contributed by atoms with Crippen LogP contribution in [0.25, 0.3) is 0 Å². The number of rotatable bonds is 3. The highest BCUT2D eigenvalue weighted by Crippen LogP contribution is 2.16. The van der Waals surface area contributed by atoms with E-state index in [2.05, 4.69) is 0 Å². The first kappa shape index (κ1) is 13.0. The maximum absolute atomic E-state index is 12.3. The monoisotopic (exact) mass is 251 g/mol. The zero-order valence-electron chi connectivity index (χ0n) is 11.1. The maximum Gasteiger partial charge on any atom is 0.270 e. The molecule has 1 aliphatic heterocycles. The molecule has 100 valence electrons. The summed E-state index contributed by atoms with van der Waals surface area (Å²) in [6.07, 6.45) is 3.97. The van der Waals surface area contributed by atoms with Crippen molar-refractivity contribution in [2.75, 3.05) is 32.5 Å². The number of nitrogen functional groups attached to an aromatic ring is 1. The van der Waals surface area contributed by atoms with E-state index >= 15 is 0 Å². The van der Waals surface area contributed by atoms with Crippen molar-refractivity contribution in [2.24, 2.45) is 13.0 Å². The van der Waals surface area contributed by atoms with E-state index < -0.39 is 0 Å². The van der Waals surface area contributed by atoms with E-state index in [1.54, 1.807) is 21.7 Å². The lowest BCUT2D eigenvalue weighted by atomic mass is 10.0. The smallest absolute Gasteiger partial charge is 0.270 e. The van der Waals surface area contributed by atoms with E-state index in [1.165, 1.54) is 0 Å². The first-order valence-electron chi connectivity index (χ1n) is 6.33. The average molecular weight is 251 g/mol. The van der Waals surface area contributed by atoms with Crippen LogP contribution in [0.1, 0.15) is 23.3 Å². The number of carbonyl (C=O) groups excluding carboxylic acids is 1. The van der Waals surface area contributed by atoms with Gasteiger partial charge in [-0.05, 0) is 24.8 Å². The van der Waals surface area contributed by atoms with Gasteiger partial charge in [-0.2, -0.15) is 0 Å². The van der Waals surface area contributed by atoms with Crippen molar-refractivity contribution in [2.45, 2.75) is 12.8 Å². The molecule has 1 fully saturated rings. The minimum Gasteiger partial charge on any atom is -0.397 e. The first-order valence-corrected chi connectivity index (χ1v) is 6.33. The third-order valence-electron chi connectivity index (χ3n) is 3.38. The van der Waals surface area contributed by atoms with Gasteiger partial charge in [0, 0.05) is 33.4 Å². The molecular weight excluding hydrogens is 230 g/mol. The lowest BCUT2D eigenvalue weighted by Gasteiger charge is -2.27. The SMILES string of the molecule is CN(CC1CCCOC1)C(=O)c1cc(N)cn1C. The molecule has 1 aliphatic rings. The molecular formula is C13H21N3O2. The molecule has 0 aliphatic carbocycles. The van der Waals surface area contributed by atoms with Crippen LogP contribution in [0.15, 0.2) is 12.3 Å². The Balaban J connectivity index is 1.97. The molecule has 1 aromatic rings. The summed E-state index contributed by atoms with van der Waals surface area (Å²) in [5.74, 6) is 0.463. The molecule has 2 heterocycles. The Hall–Kier alpha value is -1.49. The second-order valence-electron chi connectivity index (χ2n) is 5.04. The number of nitrogens with zero attached hydrogens (tertiary/aromatic N) is 2. The standard InChI is InChI=1S/C13H21N3O2/c1-15-8-11(14)6-12(15)13(17)16(2)7-10-4-3-5-18-9-10/h6,8,10H,3-5,7,9,14H2,1-2H3. The van der Waals surface area contributed by atoms with Crippen LogP contribution >= 0.6 is 0 Å². The quantitative estimate of drug-likeness (QED) is 0.875. The molecule has 0 radical (unpaired) electrons. The molecule has 5 nitrogen and oxygen atoms in total. The van der Waals surface area contributed by atoms with E-state index in [9.17, 15) is 4.79 Å². The van der Waals surface area contributed by atoms with Crippen LogP contribution in [-0.4, -0.2) is 42.2 Å². The first-order chi connectivity index (χ1) is 8.58. The minimum absolute atomic E-state index is 0.0137. The van der Waals surface area contributed by atoms with Gasteiger partial charge >= 0.3 is 0 Å². The van der Waals surface area contributed by atoms with Gasteiger partial charge in [-0.1, -0.05) is 0 Å². The number of hydrogen-bond donors (Lipinski definition) is 1. The second kappa shape index (κ2) is 5.44. The summed E-state index contributed by atoms with van der Waals surface area (Å²) in [6, 6.07) is 1.72. The van der Waals surface area contributed by atoms with Gasteiger partial charge in [0.25, 0.3) is 5.91 Å². The largest absolute Gasteiger partial charge is 0.397 e. The van der Waals surface area contributed by atoms with E-state index in [-0.39, 0.29) is 5.91 Å². The van der Waals surface area contributed by atoms with Crippen LogP contribution in [0, 0.1) is 5.92 Å². The van der Waals surface area contributed by atoms with E-state index in [0.29, 0.717) is 17.3 Å². The molecule has 1 aromatic heterocycles. The molecule has 18 heavy (non-hydrogen) atoms.